The van der Waals surface area contributed by atoms with Crippen molar-refractivity contribution in [3.05, 3.63) is 0 Å². The Bertz CT molecular complexity index is 297. The first kappa shape index (κ1) is 9.20. The number of rotatable bonds is 1. The molecule has 2 unspecified atom stereocenters. The summed E-state index contributed by atoms with van der Waals surface area (Å²) in [4.78, 5) is 24.5. The fraction of sp³-hybridized carbons (Fsp3) is 0.700. The van der Waals surface area contributed by atoms with Gasteiger partial charge in [-0.15, -0.1) is 0 Å². The van der Waals surface area contributed by atoms with Crippen molar-refractivity contribution in [3.8, 4) is 6.07 Å². The number of fused-ring (bicyclic) bond motifs is 2. The first-order chi connectivity index (χ1) is 6.74. The summed E-state index contributed by atoms with van der Waals surface area (Å²) in [5.74, 6) is -0.264. The summed E-state index contributed by atoms with van der Waals surface area (Å²) in [6, 6.07) is 1.87. The van der Waals surface area contributed by atoms with Crippen LogP contribution in [0.5, 0.6) is 0 Å². The normalized spacial score (nSPS) is 31.5. The Morgan fingerprint density at radius 2 is 1.86 bits per heavy atom. The van der Waals surface area contributed by atoms with Gasteiger partial charge in [-0.1, -0.05) is 6.42 Å². The van der Waals surface area contributed by atoms with Crippen molar-refractivity contribution in [2.75, 3.05) is 6.54 Å². The number of hydrogen-bond acceptors (Lipinski definition) is 3. The van der Waals surface area contributed by atoms with E-state index in [1.807, 2.05) is 6.07 Å². The van der Waals surface area contributed by atoms with Crippen molar-refractivity contribution >= 4 is 11.8 Å². The van der Waals surface area contributed by atoms with Gasteiger partial charge >= 0.3 is 0 Å². The van der Waals surface area contributed by atoms with E-state index in [-0.39, 0.29) is 30.2 Å². The number of hydrogen-bond donors (Lipinski definition) is 0. The SMILES string of the molecule is N#CCN1C(=O)C2CCCC(C2)C1=O. The highest BCUT2D eigenvalue weighted by molar-refractivity contribution is 6.00. The van der Waals surface area contributed by atoms with Gasteiger partial charge in [0.2, 0.25) is 11.8 Å². The van der Waals surface area contributed by atoms with Crippen LogP contribution in [0, 0.1) is 23.2 Å². The summed E-state index contributed by atoms with van der Waals surface area (Å²) in [5.41, 5.74) is 0. The van der Waals surface area contributed by atoms with Crippen LogP contribution >= 0.6 is 0 Å². The van der Waals surface area contributed by atoms with Crippen LogP contribution in [-0.4, -0.2) is 23.3 Å². The lowest BCUT2D eigenvalue weighted by Gasteiger charge is -2.37. The van der Waals surface area contributed by atoms with E-state index in [9.17, 15) is 9.59 Å². The summed E-state index contributed by atoms with van der Waals surface area (Å²) in [6.45, 7) is -0.0787. The van der Waals surface area contributed by atoms with Crippen molar-refractivity contribution in [3.63, 3.8) is 0 Å². The Balaban J connectivity index is 2.21. The number of nitrogens with zero attached hydrogens (tertiary/aromatic N) is 2. The lowest BCUT2D eigenvalue weighted by atomic mass is 9.77. The molecule has 2 atom stereocenters. The summed E-state index contributed by atoms with van der Waals surface area (Å²) < 4.78 is 0. The predicted octanol–water partition coefficient (Wildman–Crippen LogP) is 0.685. The fourth-order valence-corrected chi connectivity index (χ4v) is 2.41. The molecule has 2 fully saturated rings. The topological polar surface area (TPSA) is 61.2 Å². The van der Waals surface area contributed by atoms with Crippen molar-refractivity contribution in [1.29, 1.82) is 5.26 Å². The maximum Gasteiger partial charge on any atom is 0.233 e. The quantitative estimate of drug-likeness (QED) is 0.453. The molecule has 0 spiro atoms. The van der Waals surface area contributed by atoms with Crippen molar-refractivity contribution in [1.82, 2.24) is 4.90 Å². The average molecular weight is 192 g/mol. The Morgan fingerprint density at radius 3 is 2.36 bits per heavy atom. The second-order valence-electron chi connectivity index (χ2n) is 3.98. The van der Waals surface area contributed by atoms with Gasteiger partial charge in [-0.3, -0.25) is 14.5 Å². The smallest absolute Gasteiger partial charge is 0.233 e. The molecule has 2 aliphatic rings. The zero-order valence-corrected chi connectivity index (χ0v) is 7.90. The first-order valence-corrected chi connectivity index (χ1v) is 4.96. The predicted molar refractivity (Wildman–Crippen MR) is 47.8 cm³/mol. The van der Waals surface area contributed by atoms with Crippen molar-refractivity contribution in [2.24, 2.45) is 11.8 Å². The number of amides is 2. The molecule has 74 valence electrons. The van der Waals surface area contributed by atoms with Gasteiger partial charge in [0.15, 0.2) is 0 Å². The number of carbonyl (C=O) groups excluding carboxylic acids is 2. The zero-order chi connectivity index (χ0) is 10.1. The highest BCUT2D eigenvalue weighted by Crippen LogP contribution is 2.35. The number of carbonyl (C=O) groups is 2. The summed E-state index contributed by atoms with van der Waals surface area (Å²) in [6.07, 6.45) is 3.43. The fourth-order valence-electron chi connectivity index (χ4n) is 2.41. The minimum atomic E-state index is -0.132. The van der Waals surface area contributed by atoms with Crippen LogP contribution in [0.3, 0.4) is 0 Å². The van der Waals surface area contributed by atoms with Gasteiger partial charge < -0.3 is 0 Å². The van der Waals surface area contributed by atoms with Crippen LogP contribution in [0.25, 0.3) is 0 Å². The van der Waals surface area contributed by atoms with Gasteiger partial charge in [0.1, 0.15) is 6.54 Å². The van der Waals surface area contributed by atoms with E-state index < -0.39 is 0 Å². The van der Waals surface area contributed by atoms with Crippen LogP contribution < -0.4 is 0 Å². The lowest BCUT2D eigenvalue weighted by Crippen LogP contribution is -2.51. The molecule has 0 N–H and O–H groups in total. The molecule has 1 saturated heterocycles. The third kappa shape index (κ3) is 1.29. The first-order valence-electron chi connectivity index (χ1n) is 4.96. The lowest BCUT2D eigenvalue weighted by molar-refractivity contribution is -0.157. The Labute approximate surface area is 82.5 Å². The van der Waals surface area contributed by atoms with E-state index in [0.29, 0.717) is 6.42 Å². The van der Waals surface area contributed by atoms with Crippen LogP contribution in [-0.2, 0) is 9.59 Å². The second-order valence-corrected chi connectivity index (χ2v) is 3.98. The Kier molecular flexibility index (Phi) is 2.24. The van der Waals surface area contributed by atoms with Crippen LogP contribution in [0.1, 0.15) is 25.7 Å². The Hall–Kier alpha value is -1.37. The monoisotopic (exact) mass is 192 g/mol. The maximum absolute atomic E-state index is 11.7. The van der Waals surface area contributed by atoms with Crippen LogP contribution in [0.4, 0.5) is 0 Å². The summed E-state index contributed by atoms with van der Waals surface area (Å²) in [7, 11) is 0. The van der Waals surface area contributed by atoms with Gasteiger partial charge in [0.05, 0.1) is 6.07 Å². The average Bonchev–Trinajstić information content (AvgIpc) is 2.23. The van der Waals surface area contributed by atoms with Crippen LogP contribution in [0.15, 0.2) is 0 Å². The van der Waals surface area contributed by atoms with Crippen molar-refractivity contribution in [2.45, 2.75) is 25.7 Å². The van der Waals surface area contributed by atoms with Crippen molar-refractivity contribution < 1.29 is 9.59 Å². The molecular weight excluding hydrogens is 180 g/mol. The van der Waals surface area contributed by atoms with Gasteiger partial charge in [-0.05, 0) is 19.3 Å². The molecule has 1 saturated carbocycles. The van der Waals surface area contributed by atoms with Gasteiger partial charge in [0.25, 0.3) is 0 Å². The summed E-state index contributed by atoms with van der Waals surface area (Å²) in [5, 5.41) is 8.52. The molecule has 0 aromatic rings. The molecule has 1 heterocycles. The third-order valence-electron chi connectivity index (χ3n) is 3.13. The van der Waals surface area contributed by atoms with E-state index in [4.69, 9.17) is 5.26 Å². The minimum absolute atomic E-state index is 0.000185. The van der Waals surface area contributed by atoms with E-state index in [1.165, 1.54) is 0 Å². The van der Waals surface area contributed by atoms with Crippen LogP contribution in [0.2, 0.25) is 0 Å². The number of piperidine rings is 1. The van der Waals surface area contributed by atoms with Gasteiger partial charge in [0, 0.05) is 11.8 Å². The molecule has 0 radical (unpaired) electrons. The van der Waals surface area contributed by atoms with Gasteiger partial charge in [-0.25, -0.2) is 0 Å². The second kappa shape index (κ2) is 3.41. The molecule has 0 aromatic carbocycles. The highest BCUT2D eigenvalue weighted by atomic mass is 16.2. The molecule has 1 aliphatic heterocycles. The molecule has 14 heavy (non-hydrogen) atoms. The van der Waals surface area contributed by atoms with E-state index in [1.54, 1.807) is 0 Å². The van der Waals surface area contributed by atoms with E-state index >= 15 is 0 Å². The molecular formula is C10H12N2O2. The van der Waals surface area contributed by atoms with Gasteiger partial charge in [-0.2, -0.15) is 5.26 Å². The minimum Gasteiger partial charge on any atom is -0.274 e. The summed E-state index contributed by atoms with van der Waals surface area (Å²) >= 11 is 0. The Morgan fingerprint density at radius 1 is 1.29 bits per heavy atom. The van der Waals surface area contributed by atoms with E-state index in [0.717, 1.165) is 24.2 Å². The highest BCUT2D eigenvalue weighted by Gasteiger charge is 2.42. The molecule has 0 aromatic heterocycles. The number of likely N-dealkylation sites (tertiary alicyclic amines) is 1. The molecule has 2 rings (SSSR count). The van der Waals surface area contributed by atoms with E-state index in [2.05, 4.69) is 0 Å². The standard InChI is InChI=1S/C10H12N2O2/c11-4-5-12-9(13)7-2-1-3-8(6-7)10(12)14/h7-8H,1-3,5-6H2. The maximum atomic E-state index is 11.7. The number of nitriles is 1. The molecule has 4 heteroatoms. The zero-order valence-electron chi connectivity index (χ0n) is 7.90. The molecule has 2 bridgehead atoms. The third-order valence-corrected chi connectivity index (χ3v) is 3.13. The molecule has 1 aliphatic carbocycles. The molecule has 2 amide bonds. The number of imide groups is 1. The molecule has 4 nitrogen and oxygen atoms in total. The largest absolute Gasteiger partial charge is 0.274 e.